The summed E-state index contributed by atoms with van der Waals surface area (Å²) in [5.74, 6) is -0.747. The van der Waals surface area contributed by atoms with Crippen LogP contribution in [-0.2, 0) is 22.0 Å². The summed E-state index contributed by atoms with van der Waals surface area (Å²) in [5.41, 5.74) is -0.00371. The summed E-state index contributed by atoms with van der Waals surface area (Å²) < 4.78 is 43.1. The zero-order chi connectivity index (χ0) is 20.9. The van der Waals surface area contributed by atoms with E-state index in [0.29, 0.717) is 4.09 Å². The number of esters is 1. The quantitative estimate of drug-likeness (QED) is 0.437. The third kappa shape index (κ3) is 4.85. The number of carbonyl (C=O) groups excluding carboxylic acids is 2. The topological polar surface area (TPSA) is 155 Å². The van der Waals surface area contributed by atoms with Gasteiger partial charge in [0.05, 0.1) is 26.9 Å². The summed E-state index contributed by atoms with van der Waals surface area (Å²) in [6.45, 7) is 1.75. The standard InChI is InChI=1S/C14H18N6O7S/c1-5-27-12(21)9-7-19(2)20(8-9)28(23,24)18-14(22)17-13-15-10(25-3)6-11(16-13)26-4/h6-8H,5H2,1-4H3,(H-,15,16,17,18,22)/p+1. The number of nitrogens with zero attached hydrogens (tertiary/aromatic N) is 4. The Balaban J connectivity index is 2.18. The number of carbonyl (C=O) groups is 2. The van der Waals surface area contributed by atoms with E-state index in [9.17, 15) is 18.0 Å². The minimum absolute atomic E-state index is 0.00371. The Kier molecular flexibility index (Phi) is 6.35. The Morgan fingerprint density at radius 1 is 1.21 bits per heavy atom. The Labute approximate surface area is 160 Å². The van der Waals surface area contributed by atoms with Crippen molar-refractivity contribution in [3.63, 3.8) is 0 Å². The molecule has 14 heteroatoms. The van der Waals surface area contributed by atoms with Crippen LogP contribution in [0, 0.1) is 0 Å². The van der Waals surface area contributed by atoms with Crippen LogP contribution in [0.4, 0.5) is 10.7 Å². The molecule has 152 valence electrons. The molecule has 2 amide bonds. The van der Waals surface area contributed by atoms with Gasteiger partial charge in [0.1, 0.15) is 11.8 Å². The highest BCUT2D eigenvalue weighted by atomic mass is 32.2. The molecule has 28 heavy (non-hydrogen) atoms. The molecule has 0 atom stereocenters. The maximum Gasteiger partial charge on any atom is 0.376 e. The molecule has 13 nitrogen and oxygen atoms in total. The number of aromatic nitrogens is 4. The van der Waals surface area contributed by atoms with Gasteiger partial charge in [-0.1, -0.05) is 0 Å². The van der Waals surface area contributed by atoms with E-state index in [1.807, 2.05) is 0 Å². The predicted octanol–water partition coefficient (Wildman–Crippen LogP) is -0.789. The number of urea groups is 1. The molecule has 0 aromatic carbocycles. The highest BCUT2D eigenvalue weighted by Gasteiger charge is 2.27. The van der Waals surface area contributed by atoms with E-state index < -0.39 is 22.2 Å². The number of anilines is 1. The Bertz CT molecular complexity index is 966. The lowest BCUT2D eigenvalue weighted by molar-refractivity contribution is -0.737. The number of aryl methyl sites for hydroxylation is 1. The van der Waals surface area contributed by atoms with Gasteiger partial charge >= 0.3 is 22.2 Å². The minimum atomic E-state index is -4.38. The number of methoxy groups -OCH3 is 2. The predicted molar refractivity (Wildman–Crippen MR) is 93.2 cm³/mol. The van der Waals surface area contributed by atoms with Crippen molar-refractivity contribution in [2.75, 3.05) is 26.1 Å². The molecule has 0 bridgehead atoms. The van der Waals surface area contributed by atoms with E-state index in [4.69, 9.17) is 14.2 Å². The van der Waals surface area contributed by atoms with Gasteiger partial charge in [-0.3, -0.25) is 5.32 Å². The average molecular weight is 415 g/mol. The number of hydrogen-bond acceptors (Lipinski definition) is 9. The van der Waals surface area contributed by atoms with Crippen molar-refractivity contribution in [1.82, 2.24) is 18.8 Å². The molecule has 2 aromatic rings. The van der Waals surface area contributed by atoms with Crippen molar-refractivity contribution in [2.45, 2.75) is 6.92 Å². The number of amides is 2. The van der Waals surface area contributed by atoms with Crippen molar-refractivity contribution in [1.29, 1.82) is 0 Å². The van der Waals surface area contributed by atoms with E-state index in [1.54, 1.807) is 11.6 Å². The first kappa shape index (κ1) is 20.9. The summed E-state index contributed by atoms with van der Waals surface area (Å²) in [7, 11) is -0.306. The van der Waals surface area contributed by atoms with Crippen LogP contribution in [0.15, 0.2) is 18.5 Å². The Morgan fingerprint density at radius 2 is 1.82 bits per heavy atom. The fourth-order valence-corrected chi connectivity index (χ4v) is 3.04. The summed E-state index contributed by atoms with van der Waals surface area (Å²) >= 11 is 0. The van der Waals surface area contributed by atoms with Crippen LogP contribution in [-0.4, -0.2) is 55.3 Å². The smallest absolute Gasteiger partial charge is 0.376 e. The normalized spacial score (nSPS) is 10.9. The zero-order valence-electron chi connectivity index (χ0n) is 15.5. The van der Waals surface area contributed by atoms with Crippen LogP contribution < -0.4 is 24.2 Å². The van der Waals surface area contributed by atoms with Crippen molar-refractivity contribution in [2.24, 2.45) is 7.05 Å². The first-order valence-corrected chi connectivity index (χ1v) is 9.21. The molecule has 0 unspecified atom stereocenters. The summed E-state index contributed by atoms with van der Waals surface area (Å²) in [6, 6.07) is 0.234. The van der Waals surface area contributed by atoms with Crippen molar-refractivity contribution >= 4 is 28.2 Å². The average Bonchev–Trinajstić information content (AvgIpc) is 3.03. The Morgan fingerprint density at radius 3 is 2.36 bits per heavy atom. The van der Waals surface area contributed by atoms with E-state index in [0.717, 1.165) is 10.9 Å². The zero-order valence-corrected chi connectivity index (χ0v) is 16.3. The summed E-state index contributed by atoms with van der Waals surface area (Å²) in [4.78, 5) is 31.5. The molecule has 0 aliphatic rings. The monoisotopic (exact) mass is 415 g/mol. The highest BCUT2D eigenvalue weighted by molar-refractivity contribution is 7.88. The summed E-state index contributed by atoms with van der Waals surface area (Å²) in [5, 5.41) is 2.16. The second-order valence-corrected chi connectivity index (χ2v) is 6.65. The van der Waals surface area contributed by atoms with Gasteiger partial charge < -0.3 is 14.2 Å². The molecule has 2 rings (SSSR count). The first-order valence-electron chi connectivity index (χ1n) is 7.77. The third-order valence-corrected chi connectivity index (χ3v) is 4.49. The van der Waals surface area contributed by atoms with Gasteiger partial charge in [0.25, 0.3) is 0 Å². The first-order chi connectivity index (χ1) is 13.2. The second-order valence-electron chi connectivity index (χ2n) is 5.12. The molecule has 2 aromatic heterocycles. The van der Waals surface area contributed by atoms with Gasteiger partial charge in [-0.2, -0.15) is 18.4 Å². The van der Waals surface area contributed by atoms with Crippen LogP contribution in [0.25, 0.3) is 0 Å². The molecule has 0 fully saturated rings. The highest BCUT2D eigenvalue weighted by Crippen LogP contribution is 2.17. The van der Waals surface area contributed by atoms with Crippen molar-refractivity contribution in [3.05, 3.63) is 24.0 Å². The van der Waals surface area contributed by atoms with Crippen LogP contribution in [0.1, 0.15) is 17.3 Å². The van der Waals surface area contributed by atoms with Crippen LogP contribution >= 0.6 is 0 Å². The molecule has 2 heterocycles. The molecule has 0 radical (unpaired) electrons. The lowest BCUT2D eigenvalue weighted by Crippen LogP contribution is -2.48. The van der Waals surface area contributed by atoms with Crippen LogP contribution in [0.2, 0.25) is 0 Å². The number of ether oxygens (including phenoxy) is 3. The molecule has 0 saturated carbocycles. The molecule has 0 saturated heterocycles. The molecular weight excluding hydrogens is 396 g/mol. The van der Waals surface area contributed by atoms with Crippen molar-refractivity contribution in [3.8, 4) is 11.8 Å². The van der Waals surface area contributed by atoms with E-state index in [2.05, 4.69) is 15.3 Å². The van der Waals surface area contributed by atoms with Gasteiger partial charge in [0.15, 0.2) is 7.05 Å². The number of rotatable bonds is 7. The maximum absolute atomic E-state index is 12.4. The fraction of sp³-hybridized carbons (Fsp3) is 0.357. The number of nitrogens with one attached hydrogen (secondary N) is 2. The largest absolute Gasteiger partial charge is 0.481 e. The third-order valence-electron chi connectivity index (χ3n) is 3.19. The molecule has 2 N–H and O–H groups in total. The lowest BCUT2D eigenvalue weighted by Gasteiger charge is -2.08. The number of hydrogen-bond donors (Lipinski definition) is 2. The SMILES string of the molecule is CCOC(=O)c1cn(S(=O)(=O)NC(=O)Nc2nc(OC)cc(OC)n2)[n+](C)c1. The van der Waals surface area contributed by atoms with Gasteiger partial charge in [-0.15, -0.1) is 4.68 Å². The van der Waals surface area contributed by atoms with Gasteiger partial charge in [-0.25, -0.2) is 14.3 Å². The van der Waals surface area contributed by atoms with E-state index in [1.165, 1.54) is 33.5 Å². The second kappa shape index (κ2) is 8.51. The molecule has 0 aliphatic heterocycles. The van der Waals surface area contributed by atoms with Crippen molar-refractivity contribution < 1.29 is 36.9 Å². The summed E-state index contributed by atoms with van der Waals surface area (Å²) in [6.07, 6.45) is 2.25. The molecular formula is C14H19N6O7S+. The maximum atomic E-state index is 12.4. The fourth-order valence-electron chi connectivity index (χ4n) is 2.02. The van der Waals surface area contributed by atoms with Gasteiger partial charge in [0, 0.05) is 0 Å². The van der Waals surface area contributed by atoms with Crippen LogP contribution in [0.3, 0.4) is 0 Å². The van der Waals surface area contributed by atoms with E-state index >= 15 is 0 Å². The Hall–Kier alpha value is -3.42. The van der Waals surface area contributed by atoms with Gasteiger partial charge in [0.2, 0.25) is 23.9 Å². The molecule has 0 spiro atoms. The molecule has 0 aliphatic carbocycles. The van der Waals surface area contributed by atoms with Gasteiger partial charge in [-0.05, 0) is 11.0 Å². The van der Waals surface area contributed by atoms with Crippen LogP contribution in [0.5, 0.6) is 11.8 Å². The minimum Gasteiger partial charge on any atom is -0.481 e. The lowest BCUT2D eigenvalue weighted by atomic mass is 10.4. The van der Waals surface area contributed by atoms with E-state index in [-0.39, 0.29) is 29.9 Å².